The lowest BCUT2D eigenvalue weighted by atomic mass is 10.0. The minimum atomic E-state index is -0.210. The highest BCUT2D eigenvalue weighted by atomic mass is 19.1. The van der Waals surface area contributed by atoms with E-state index in [0.29, 0.717) is 5.82 Å². The van der Waals surface area contributed by atoms with E-state index < -0.39 is 0 Å². The van der Waals surface area contributed by atoms with Crippen LogP contribution in [0.5, 0.6) is 0 Å². The molecular weight excluding hydrogens is 205 g/mol. The number of halogens is 1. The monoisotopic (exact) mass is 217 g/mol. The van der Waals surface area contributed by atoms with Crippen molar-refractivity contribution in [2.24, 2.45) is 0 Å². The van der Waals surface area contributed by atoms with Gasteiger partial charge in [0.25, 0.3) is 0 Å². The van der Waals surface area contributed by atoms with Gasteiger partial charge < -0.3 is 10.3 Å². The van der Waals surface area contributed by atoms with Gasteiger partial charge in [0.15, 0.2) is 0 Å². The normalized spacial score (nSPS) is 17.3. The molecule has 0 aliphatic heterocycles. The van der Waals surface area contributed by atoms with E-state index in [2.05, 4.69) is 4.98 Å². The first-order valence-corrected chi connectivity index (χ1v) is 5.27. The molecule has 0 unspecified atom stereocenters. The van der Waals surface area contributed by atoms with Crippen LogP contribution in [0.15, 0.2) is 36.8 Å². The second-order valence-corrected chi connectivity index (χ2v) is 4.23. The highest BCUT2D eigenvalue weighted by Crippen LogP contribution is 2.50. The SMILES string of the molecule is Nc1cncn1C1(c2ccc(F)cc2)CC1. The fraction of sp³-hybridized carbons (Fsp3) is 0.250. The fourth-order valence-electron chi connectivity index (χ4n) is 2.21. The molecule has 3 nitrogen and oxygen atoms in total. The minimum Gasteiger partial charge on any atom is -0.384 e. The largest absolute Gasteiger partial charge is 0.384 e. The molecule has 2 aromatic rings. The molecule has 3 rings (SSSR count). The molecule has 0 spiro atoms. The third kappa shape index (κ3) is 1.23. The zero-order chi connectivity index (χ0) is 11.2. The summed E-state index contributed by atoms with van der Waals surface area (Å²) in [7, 11) is 0. The first kappa shape index (κ1) is 9.39. The second kappa shape index (κ2) is 3.07. The summed E-state index contributed by atoms with van der Waals surface area (Å²) in [5, 5.41) is 0. The molecule has 82 valence electrons. The van der Waals surface area contributed by atoms with Crippen LogP contribution in [0.4, 0.5) is 10.2 Å². The molecule has 0 bridgehead atoms. The fourth-order valence-corrected chi connectivity index (χ4v) is 2.21. The van der Waals surface area contributed by atoms with Crippen molar-refractivity contribution in [3.63, 3.8) is 0 Å². The van der Waals surface area contributed by atoms with Crippen LogP contribution in [-0.2, 0) is 5.54 Å². The van der Waals surface area contributed by atoms with Crippen LogP contribution in [0.25, 0.3) is 0 Å². The Kier molecular flexibility index (Phi) is 1.80. The number of rotatable bonds is 2. The Labute approximate surface area is 92.7 Å². The lowest BCUT2D eigenvalue weighted by Gasteiger charge is -2.19. The van der Waals surface area contributed by atoms with Gasteiger partial charge in [-0.1, -0.05) is 12.1 Å². The van der Waals surface area contributed by atoms with E-state index in [9.17, 15) is 4.39 Å². The smallest absolute Gasteiger partial charge is 0.124 e. The molecule has 1 aliphatic carbocycles. The highest BCUT2D eigenvalue weighted by molar-refractivity contribution is 5.38. The Balaban J connectivity index is 2.06. The van der Waals surface area contributed by atoms with Crippen LogP contribution in [0.3, 0.4) is 0 Å². The quantitative estimate of drug-likeness (QED) is 0.837. The van der Waals surface area contributed by atoms with Crippen LogP contribution >= 0.6 is 0 Å². The van der Waals surface area contributed by atoms with E-state index in [-0.39, 0.29) is 11.4 Å². The Hall–Kier alpha value is -1.84. The van der Waals surface area contributed by atoms with Crippen LogP contribution < -0.4 is 5.73 Å². The van der Waals surface area contributed by atoms with Crippen molar-refractivity contribution in [2.75, 3.05) is 5.73 Å². The molecule has 1 saturated carbocycles. The molecule has 16 heavy (non-hydrogen) atoms. The number of hydrogen-bond donors (Lipinski definition) is 1. The van der Waals surface area contributed by atoms with E-state index in [1.807, 2.05) is 16.7 Å². The van der Waals surface area contributed by atoms with Gasteiger partial charge in [-0.15, -0.1) is 0 Å². The van der Waals surface area contributed by atoms with Crippen molar-refractivity contribution in [3.8, 4) is 0 Å². The van der Waals surface area contributed by atoms with E-state index >= 15 is 0 Å². The van der Waals surface area contributed by atoms with Gasteiger partial charge in [0.1, 0.15) is 11.6 Å². The average Bonchev–Trinajstić information content (AvgIpc) is 2.97. The zero-order valence-corrected chi connectivity index (χ0v) is 8.73. The van der Waals surface area contributed by atoms with Crippen LogP contribution in [0, 0.1) is 5.82 Å². The molecule has 1 heterocycles. The van der Waals surface area contributed by atoms with Gasteiger partial charge in [-0.2, -0.15) is 0 Å². The zero-order valence-electron chi connectivity index (χ0n) is 8.73. The van der Waals surface area contributed by atoms with Crippen molar-refractivity contribution in [1.82, 2.24) is 9.55 Å². The molecule has 1 aromatic heterocycles. The van der Waals surface area contributed by atoms with E-state index in [1.54, 1.807) is 12.5 Å². The van der Waals surface area contributed by atoms with Crippen LogP contribution in [0.1, 0.15) is 18.4 Å². The molecule has 0 amide bonds. The van der Waals surface area contributed by atoms with E-state index in [1.165, 1.54) is 12.1 Å². The number of nitrogen functional groups attached to an aromatic ring is 1. The molecule has 4 heteroatoms. The average molecular weight is 217 g/mol. The van der Waals surface area contributed by atoms with Crippen molar-refractivity contribution < 1.29 is 4.39 Å². The number of nitrogens with two attached hydrogens (primary N) is 1. The van der Waals surface area contributed by atoms with Gasteiger partial charge in [0, 0.05) is 0 Å². The summed E-state index contributed by atoms with van der Waals surface area (Å²) in [4.78, 5) is 4.03. The minimum absolute atomic E-state index is 0.0890. The number of imidazole rings is 1. The summed E-state index contributed by atoms with van der Waals surface area (Å²) < 4.78 is 14.8. The molecule has 0 atom stereocenters. The van der Waals surface area contributed by atoms with Gasteiger partial charge in [-0.3, -0.25) is 0 Å². The number of anilines is 1. The lowest BCUT2D eigenvalue weighted by Crippen LogP contribution is -2.19. The Morgan fingerprint density at radius 2 is 1.94 bits per heavy atom. The molecular formula is C12H12FN3. The first-order chi connectivity index (χ1) is 7.72. The Morgan fingerprint density at radius 1 is 1.25 bits per heavy atom. The molecule has 0 saturated heterocycles. The number of hydrogen-bond acceptors (Lipinski definition) is 2. The number of nitrogens with zero attached hydrogens (tertiary/aromatic N) is 2. The maximum absolute atomic E-state index is 12.9. The highest BCUT2D eigenvalue weighted by Gasteiger charge is 2.46. The Bertz CT molecular complexity index is 511. The van der Waals surface area contributed by atoms with Crippen molar-refractivity contribution in [2.45, 2.75) is 18.4 Å². The predicted molar refractivity (Wildman–Crippen MR) is 59.3 cm³/mol. The van der Waals surface area contributed by atoms with Gasteiger partial charge in [0.05, 0.1) is 18.1 Å². The molecule has 1 aromatic carbocycles. The summed E-state index contributed by atoms with van der Waals surface area (Å²) in [5.74, 6) is 0.444. The maximum Gasteiger partial charge on any atom is 0.124 e. The van der Waals surface area contributed by atoms with Crippen molar-refractivity contribution >= 4 is 5.82 Å². The number of aromatic nitrogens is 2. The van der Waals surface area contributed by atoms with Crippen molar-refractivity contribution in [3.05, 3.63) is 48.2 Å². The summed E-state index contributed by atoms with van der Waals surface area (Å²) >= 11 is 0. The third-order valence-electron chi connectivity index (χ3n) is 3.23. The third-order valence-corrected chi connectivity index (χ3v) is 3.23. The standard InChI is InChI=1S/C12H12FN3/c13-10-3-1-9(2-4-10)12(5-6-12)16-8-15-7-11(16)14/h1-4,7-8H,5-6,14H2. The van der Waals surface area contributed by atoms with Crippen LogP contribution in [-0.4, -0.2) is 9.55 Å². The van der Waals surface area contributed by atoms with E-state index in [4.69, 9.17) is 5.73 Å². The topological polar surface area (TPSA) is 43.8 Å². The van der Waals surface area contributed by atoms with Gasteiger partial charge in [0.2, 0.25) is 0 Å². The number of benzene rings is 1. The summed E-state index contributed by atoms with van der Waals surface area (Å²) in [6, 6.07) is 6.62. The summed E-state index contributed by atoms with van der Waals surface area (Å²) in [6.45, 7) is 0. The second-order valence-electron chi connectivity index (χ2n) is 4.23. The Morgan fingerprint density at radius 3 is 2.44 bits per heavy atom. The van der Waals surface area contributed by atoms with Gasteiger partial charge in [-0.05, 0) is 30.5 Å². The first-order valence-electron chi connectivity index (χ1n) is 5.27. The molecule has 1 aliphatic rings. The molecule has 0 radical (unpaired) electrons. The summed E-state index contributed by atoms with van der Waals surface area (Å²) in [5.41, 5.74) is 6.87. The predicted octanol–water partition coefficient (Wildman–Crippen LogP) is 2.14. The van der Waals surface area contributed by atoms with Crippen LogP contribution in [0.2, 0.25) is 0 Å². The summed E-state index contributed by atoms with van der Waals surface area (Å²) in [6.07, 6.45) is 5.44. The van der Waals surface area contributed by atoms with Gasteiger partial charge >= 0.3 is 0 Å². The van der Waals surface area contributed by atoms with Gasteiger partial charge in [-0.25, -0.2) is 9.37 Å². The molecule has 2 N–H and O–H groups in total. The van der Waals surface area contributed by atoms with E-state index in [0.717, 1.165) is 18.4 Å². The van der Waals surface area contributed by atoms with Crippen molar-refractivity contribution in [1.29, 1.82) is 0 Å². The lowest BCUT2D eigenvalue weighted by molar-refractivity contribution is 0.575. The molecule has 1 fully saturated rings. The maximum atomic E-state index is 12.9.